The molecule has 3 heterocycles. The van der Waals surface area contributed by atoms with E-state index < -0.39 is 5.60 Å². The van der Waals surface area contributed by atoms with Crippen molar-refractivity contribution in [1.29, 1.82) is 0 Å². The molecular weight excluding hydrogens is 332 g/mol. The van der Waals surface area contributed by atoms with Crippen LogP contribution in [0.4, 0.5) is 5.82 Å². The van der Waals surface area contributed by atoms with Crippen molar-refractivity contribution in [1.82, 2.24) is 25.1 Å². The monoisotopic (exact) mass is 350 g/mol. The van der Waals surface area contributed by atoms with Gasteiger partial charge in [0.2, 0.25) is 5.91 Å². The van der Waals surface area contributed by atoms with E-state index in [-0.39, 0.29) is 19.0 Å². The second kappa shape index (κ2) is 7.14. The number of carbonyl (C=O) groups excluding carboxylic acids is 1. The number of anilines is 1. The lowest BCUT2D eigenvalue weighted by Crippen LogP contribution is -2.54. The smallest absolute Gasteiger partial charge is 0.241 e. The molecule has 1 aliphatic heterocycles. The lowest BCUT2D eigenvalue weighted by atomic mass is 9.92. The molecule has 1 amide bonds. The van der Waals surface area contributed by atoms with Crippen LogP contribution in [0.3, 0.4) is 0 Å². The van der Waals surface area contributed by atoms with E-state index >= 15 is 0 Å². The first kappa shape index (κ1) is 16.7. The predicted molar refractivity (Wildman–Crippen MR) is 88.7 cm³/mol. The van der Waals surface area contributed by atoms with Gasteiger partial charge in [0.15, 0.2) is 0 Å². The van der Waals surface area contributed by atoms with Gasteiger partial charge in [0.25, 0.3) is 0 Å². The molecule has 8 nitrogen and oxygen atoms in total. The highest BCUT2D eigenvalue weighted by atomic mass is 35.5. The highest BCUT2D eigenvalue weighted by Gasteiger charge is 2.34. The Morgan fingerprint density at radius 1 is 1.42 bits per heavy atom. The summed E-state index contributed by atoms with van der Waals surface area (Å²) >= 11 is 5.77. The van der Waals surface area contributed by atoms with Crippen LogP contribution in [0, 0.1) is 0 Å². The number of hydrogen-bond acceptors (Lipinski definition) is 6. The summed E-state index contributed by atoms with van der Waals surface area (Å²) in [5, 5.41) is 18.0. The molecule has 1 atom stereocenters. The Kier molecular flexibility index (Phi) is 4.96. The first-order valence-electron chi connectivity index (χ1n) is 7.72. The Balaban J connectivity index is 1.54. The molecule has 2 N–H and O–H groups in total. The number of nitrogens with zero attached hydrogens (tertiary/aromatic N) is 5. The summed E-state index contributed by atoms with van der Waals surface area (Å²) in [5.74, 6) is 0.507. The minimum Gasteiger partial charge on any atom is -0.386 e. The number of aliphatic hydroxyl groups is 1. The number of rotatable bonds is 5. The number of β-amino-alcohol motifs (C(OH)–C–C–N with tert-alkyl or cyclic N) is 1. The standard InChI is InChI=1S/C15H19ClN6O2/c16-12-6-20-22(8-12)9-14(23)19-10-15(24)2-1-5-21(11-15)13-7-17-3-4-18-13/h3-4,6-8,24H,1-2,5,9-11H2,(H,19,23)/t15-/m1/s1. The minimum absolute atomic E-state index is 0.0661. The number of carbonyl (C=O) groups is 1. The molecule has 128 valence electrons. The van der Waals surface area contributed by atoms with E-state index in [2.05, 4.69) is 20.4 Å². The highest BCUT2D eigenvalue weighted by molar-refractivity contribution is 6.30. The van der Waals surface area contributed by atoms with Gasteiger partial charge in [-0.15, -0.1) is 0 Å². The maximum Gasteiger partial charge on any atom is 0.241 e. The van der Waals surface area contributed by atoms with Crippen LogP contribution in [0.1, 0.15) is 12.8 Å². The van der Waals surface area contributed by atoms with E-state index in [9.17, 15) is 9.90 Å². The van der Waals surface area contributed by atoms with Gasteiger partial charge < -0.3 is 15.3 Å². The van der Waals surface area contributed by atoms with Crippen molar-refractivity contribution in [3.8, 4) is 0 Å². The molecule has 0 aromatic carbocycles. The molecule has 0 spiro atoms. The molecule has 2 aromatic heterocycles. The third kappa shape index (κ3) is 4.21. The molecule has 0 radical (unpaired) electrons. The van der Waals surface area contributed by atoms with Gasteiger partial charge in [0.05, 0.1) is 23.0 Å². The number of amides is 1. The van der Waals surface area contributed by atoms with Crippen molar-refractivity contribution in [2.45, 2.75) is 25.0 Å². The molecular formula is C15H19ClN6O2. The van der Waals surface area contributed by atoms with E-state index in [1.807, 2.05) is 4.90 Å². The summed E-state index contributed by atoms with van der Waals surface area (Å²) < 4.78 is 1.45. The molecule has 0 bridgehead atoms. The zero-order chi connectivity index (χ0) is 17.0. The first-order valence-corrected chi connectivity index (χ1v) is 8.10. The molecule has 1 fully saturated rings. The van der Waals surface area contributed by atoms with Gasteiger partial charge in [-0.2, -0.15) is 5.10 Å². The molecule has 9 heteroatoms. The second-order valence-electron chi connectivity index (χ2n) is 5.95. The van der Waals surface area contributed by atoms with Crippen LogP contribution in [0.25, 0.3) is 0 Å². The van der Waals surface area contributed by atoms with Crippen molar-refractivity contribution >= 4 is 23.3 Å². The van der Waals surface area contributed by atoms with E-state index in [4.69, 9.17) is 11.6 Å². The Labute approximate surface area is 144 Å². The molecule has 24 heavy (non-hydrogen) atoms. The minimum atomic E-state index is -0.993. The summed E-state index contributed by atoms with van der Waals surface area (Å²) in [6, 6.07) is 0. The van der Waals surface area contributed by atoms with E-state index in [1.165, 1.54) is 10.9 Å². The van der Waals surface area contributed by atoms with Gasteiger partial charge in [0.1, 0.15) is 12.4 Å². The Morgan fingerprint density at radius 3 is 3.00 bits per heavy atom. The highest BCUT2D eigenvalue weighted by Crippen LogP contribution is 2.23. The van der Waals surface area contributed by atoms with E-state index in [0.717, 1.165) is 18.8 Å². The van der Waals surface area contributed by atoms with Crippen molar-refractivity contribution in [3.63, 3.8) is 0 Å². The fourth-order valence-corrected chi connectivity index (χ4v) is 2.95. The fraction of sp³-hybridized carbons (Fsp3) is 0.467. The van der Waals surface area contributed by atoms with Gasteiger partial charge >= 0.3 is 0 Å². The molecule has 0 saturated carbocycles. The summed E-state index contributed by atoms with van der Waals surface area (Å²) in [6.45, 7) is 1.45. The maximum atomic E-state index is 12.0. The van der Waals surface area contributed by atoms with Crippen molar-refractivity contribution < 1.29 is 9.90 Å². The quantitative estimate of drug-likeness (QED) is 0.814. The van der Waals surface area contributed by atoms with E-state index in [0.29, 0.717) is 18.0 Å². The number of hydrogen-bond donors (Lipinski definition) is 2. The lowest BCUT2D eigenvalue weighted by molar-refractivity contribution is -0.123. The van der Waals surface area contributed by atoms with Crippen molar-refractivity contribution in [3.05, 3.63) is 36.0 Å². The normalized spacial score (nSPS) is 20.8. The number of halogens is 1. The van der Waals surface area contributed by atoms with Gasteiger partial charge in [-0.1, -0.05) is 11.6 Å². The SMILES string of the molecule is O=C(Cn1cc(Cl)cn1)NC[C@]1(O)CCCN(c2cnccn2)C1. The van der Waals surface area contributed by atoms with Crippen LogP contribution < -0.4 is 10.2 Å². The number of aromatic nitrogens is 4. The molecule has 2 aromatic rings. The van der Waals surface area contributed by atoms with Crippen molar-refractivity contribution in [2.24, 2.45) is 0 Å². The summed E-state index contributed by atoms with van der Waals surface area (Å²) in [5.41, 5.74) is -0.993. The number of nitrogens with one attached hydrogen (secondary N) is 1. The van der Waals surface area contributed by atoms with Crippen LogP contribution in [0.5, 0.6) is 0 Å². The Hall–Kier alpha value is -2.19. The average Bonchev–Trinajstić information content (AvgIpc) is 2.99. The van der Waals surface area contributed by atoms with Gasteiger partial charge in [-0.05, 0) is 12.8 Å². The molecule has 3 rings (SSSR count). The average molecular weight is 351 g/mol. The van der Waals surface area contributed by atoms with Crippen molar-refractivity contribution in [2.75, 3.05) is 24.5 Å². The van der Waals surface area contributed by atoms with Crippen LogP contribution in [0.2, 0.25) is 5.02 Å². The van der Waals surface area contributed by atoms with Gasteiger partial charge in [-0.3, -0.25) is 14.5 Å². The summed E-state index contributed by atoms with van der Waals surface area (Å²) in [6.07, 6.45) is 9.40. The molecule has 0 aliphatic carbocycles. The van der Waals surface area contributed by atoms with Gasteiger partial charge in [-0.25, -0.2) is 4.98 Å². The Morgan fingerprint density at radius 2 is 2.29 bits per heavy atom. The largest absolute Gasteiger partial charge is 0.386 e. The van der Waals surface area contributed by atoms with Crippen LogP contribution >= 0.6 is 11.6 Å². The van der Waals surface area contributed by atoms with Crippen LogP contribution in [0.15, 0.2) is 31.0 Å². The summed E-state index contributed by atoms with van der Waals surface area (Å²) in [7, 11) is 0. The molecule has 1 saturated heterocycles. The third-order valence-corrected chi connectivity index (χ3v) is 4.15. The van der Waals surface area contributed by atoms with Crippen LogP contribution in [-0.4, -0.2) is 56.0 Å². The fourth-order valence-electron chi connectivity index (χ4n) is 2.80. The summed E-state index contributed by atoms with van der Waals surface area (Å²) in [4.78, 5) is 22.3. The third-order valence-electron chi connectivity index (χ3n) is 3.95. The second-order valence-corrected chi connectivity index (χ2v) is 6.38. The van der Waals surface area contributed by atoms with Crippen LogP contribution in [-0.2, 0) is 11.3 Å². The maximum absolute atomic E-state index is 12.0. The predicted octanol–water partition coefficient (Wildman–Crippen LogP) is 0.474. The Bertz CT molecular complexity index is 694. The number of piperidine rings is 1. The zero-order valence-electron chi connectivity index (χ0n) is 13.1. The van der Waals surface area contributed by atoms with Gasteiger partial charge in [0, 0.05) is 38.2 Å². The zero-order valence-corrected chi connectivity index (χ0v) is 13.9. The first-order chi connectivity index (χ1) is 11.5. The topological polar surface area (TPSA) is 96.2 Å². The van der Waals surface area contributed by atoms with E-state index in [1.54, 1.807) is 24.8 Å². The lowest BCUT2D eigenvalue weighted by Gasteiger charge is -2.39. The molecule has 1 aliphatic rings. The molecule has 0 unspecified atom stereocenters.